The summed E-state index contributed by atoms with van der Waals surface area (Å²) in [6.45, 7) is 1.75. The van der Waals surface area contributed by atoms with Crippen molar-refractivity contribution in [3.8, 4) is 0 Å². The van der Waals surface area contributed by atoms with Gasteiger partial charge in [-0.2, -0.15) is 0 Å². The van der Waals surface area contributed by atoms with Gasteiger partial charge in [-0.1, -0.05) is 67.6 Å². The Morgan fingerprint density at radius 1 is 0.909 bits per heavy atom. The molecule has 0 saturated heterocycles. The lowest BCUT2D eigenvalue weighted by Gasteiger charge is -2.56. The number of benzene rings is 3. The zero-order valence-electron chi connectivity index (χ0n) is 17.5. The molecule has 1 N–H and O–H groups in total. The molecule has 0 aliphatic heterocycles. The van der Waals surface area contributed by atoms with E-state index in [4.69, 9.17) is 4.74 Å². The van der Waals surface area contributed by atoms with Crippen molar-refractivity contribution >= 4 is 17.3 Å². The van der Waals surface area contributed by atoms with Crippen molar-refractivity contribution in [2.75, 3.05) is 0 Å². The SMILES string of the molecule is C[C@@H]1[C@@H](OC(=O)c2cc([N+](=O)[O-])cc([N+](=O)[O-])c2)[C@H](c2ccccc2)[C@@]1(O)c1ccccc1. The van der Waals surface area contributed by atoms with Gasteiger partial charge in [-0.05, 0) is 11.1 Å². The molecule has 1 saturated carbocycles. The van der Waals surface area contributed by atoms with E-state index in [9.17, 15) is 30.1 Å². The van der Waals surface area contributed by atoms with Gasteiger partial charge >= 0.3 is 5.97 Å². The fourth-order valence-corrected chi connectivity index (χ4v) is 4.49. The van der Waals surface area contributed by atoms with Gasteiger partial charge in [0.15, 0.2) is 0 Å². The molecule has 4 atom stereocenters. The Hall–Kier alpha value is -4.11. The van der Waals surface area contributed by atoms with Gasteiger partial charge in [-0.15, -0.1) is 0 Å². The molecule has 9 heteroatoms. The highest BCUT2D eigenvalue weighted by Gasteiger charge is 2.62. The molecular weight excluding hydrogens is 428 g/mol. The van der Waals surface area contributed by atoms with Crippen LogP contribution in [0.15, 0.2) is 78.9 Å². The first kappa shape index (κ1) is 22.1. The van der Waals surface area contributed by atoms with E-state index in [0.29, 0.717) is 5.56 Å². The van der Waals surface area contributed by atoms with Crippen LogP contribution in [0.1, 0.15) is 34.3 Å². The van der Waals surface area contributed by atoms with Crippen LogP contribution in [-0.4, -0.2) is 27.0 Å². The Labute approximate surface area is 188 Å². The third kappa shape index (κ3) is 3.83. The van der Waals surface area contributed by atoms with Crippen LogP contribution < -0.4 is 0 Å². The minimum Gasteiger partial charge on any atom is -0.458 e. The number of nitrogens with zero attached hydrogens (tertiary/aromatic N) is 2. The predicted molar refractivity (Wildman–Crippen MR) is 118 cm³/mol. The van der Waals surface area contributed by atoms with Crippen LogP contribution >= 0.6 is 0 Å². The molecule has 1 aliphatic carbocycles. The summed E-state index contributed by atoms with van der Waals surface area (Å²) < 4.78 is 5.69. The molecule has 0 unspecified atom stereocenters. The van der Waals surface area contributed by atoms with Gasteiger partial charge in [-0.25, -0.2) is 4.79 Å². The van der Waals surface area contributed by atoms with Crippen LogP contribution in [0.3, 0.4) is 0 Å². The number of rotatable bonds is 6. The van der Waals surface area contributed by atoms with E-state index in [1.807, 2.05) is 48.5 Å². The Kier molecular flexibility index (Phi) is 5.65. The summed E-state index contributed by atoms with van der Waals surface area (Å²) >= 11 is 0. The van der Waals surface area contributed by atoms with Crippen molar-refractivity contribution in [2.45, 2.75) is 24.5 Å². The number of carbonyl (C=O) groups excluding carboxylic acids is 1. The predicted octanol–water partition coefficient (Wildman–Crippen LogP) is 4.35. The Bertz CT molecular complexity index is 1180. The van der Waals surface area contributed by atoms with Crippen LogP contribution in [0.25, 0.3) is 0 Å². The number of nitro benzene ring substituents is 2. The Morgan fingerprint density at radius 2 is 1.42 bits per heavy atom. The molecule has 9 nitrogen and oxygen atoms in total. The quantitative estimate of drug-likeness (QED) is 0.337. The fraction of sp³-hybridized carbons (Fsp3) is 0.208. The summed E-state index contributed by atoms with van der Waals surface area (Å²) in [5.41, 5.74) is -1.36. The topological polar surface area (TPSA) is 133 Å². The summed E-state index contributed by atoms with van der Waals surface area (Å²) in [5, 5.41) is 34.0. The molecule has 33 heavy (non-hydrogen) atoms. The molecule has 0 heterocycles. The second-order valence-electron chi connectivity index (χ2n) is 7.99. The smallest absolute Gasteiger partial charge is 0.338 e. The summed E-state index contributed by atoms with van der Waals surface area (Å²) in [5.74, 6) is -2.05. The van der Waals surface area contributed by atoms with E-state index in [1.54, 1.807) is 19.1 Å². The van der Waals surface area contributed by atoms with Crippen LogP contribution in [0, 0.1) is 26.1 Å². The number of nitro groups is 2. The maximum absolute atomic E-state index is 12.9. The maximum atomic E-state index is 12.9. The Balaban J connectivity index is 1.70. The van der Waals surface area contributed by atoms with Gasteiger partial charge in [0, 0.05) is 18.1 Å². The van der Waals surface area contributed by atoms with E-state index in [1.165, 1.54) is 0 Å². The molecule has 1 aliphatic rings. The molecule has 4 rings (SSSR count). The first-order chi connectivity index (χ1) is 15.7. The fourth-order valence-electron chi connectivity index (χ4n) is 4.49. The molecule has 168 valence electrons. The van der Waals surface area contributed by atoms with E-state index in [0.717, 1.165) is 23.8 Å². The number of aliphatic hydroxyl groups is 1. The third-order valence-electron chi connectivity index (χ3n) is 6.19. The van der Waals surface area contributed by atoms with E-state index < -0.39 is 50.7 Å². The number of hydrogen-bond donors (Lipinski definition) is 1. The van der Waals surface area contributed by atoms with Gasteiger partial charge < -0.3 is 9.84 Å². The minimum absolute atomic E-state index is 0.301. The number of ether oxygens (including phenoxy) is 1. The average Bonchev–Trinajstić information content (AvgIpc) is 2.83. The van der Waals surface area contributed by atoms with Crippen LogP contribution in [0.4, 0.5) is 11.4 Å². The second kappa shape index (κ2) is 8.44. The maximum Gasteiger partial charge on any atom is 0.338 e. The molecule has 0 spiro atoms. The summed E-state index contributed by atoms with van der Waals surface area (Å²) in [6, 6.07) is 20.8. The lowest BCUT2D eigenvalue weighted by molar-refractivity contribution is -0.394. The molecule has 0 aromatic heterocycles. The molecular formula is C24H20N2O7. The Morgan fingerprint density at radius 3 is 1.94 bits per heavy atom. The van der Waals surface area contributed by atoms with E-state index >= 15 is 0 Å². The summed E-state index contributed by atoms with van der Waals surface area (Å²) in [6.07, 6.45) is -0.761. The van der Waals surface area contributed by atoms with E-state index in [-0.39, 0.29) is 5.56 Å². The number of esters is 1. The van der Waals surface area contributed by atoms with E-state index in [2.05, 4.69) is 0 Å². The summed E-state index contributed by atoms with van der Waals surface area (Å²) in [7, 11) is 0. The standard InChI is InChI=1S/C24H20N2O7/c1-15-22(33-23(27)17-12-19(25(29)30)14-20(13-17)26(31)32)21(16-8-4-2-5-9-16)24(15,28)18-10-6-3-7-11-18/h2-15,21-22,28H,1H3/t15-,21+,22-,24+/m1/s1. The second-order valence-corrected chi connectivity index (χ2v) is 7.99. The molecule has 0 bridgehead atoms. The highest BCUT2D eigenvalue weighted by Crippen LogP contribution is 2.58. The highest BCUT2D eigenvalue weighted by molar-refractivity contribution is 5.91. The van der Waals surface area contributed by atoms with Gasteiger partial charge in [0.05, 0.1) is 27.4 Å². The highest BCUT2D eigenvalue weighted by atomic mass is 16.6. The van der Waals surface area contributed by atoms with Crippen LogP contribution in [0.2, 0.25) is 0 Å². The first-order valence-corrected chi connectivity index (χ1v) is 10.2. The largest absolute Gasteiger partial charge is 0.458 e. The average molecular weight is 448 g/mol. The van der Waals surface area contributed by atoms with Crippen molar-refractivity contribution in [3.05, 3.63) is 116 Å². The van der Waals surface area contributed by atoms with Crippen molar-refractivity contribution < 1.29 is 24.5 Å². The zero-order valence-corrected chi connectivity index (χ0v) is 17.5. The monoisotopic (exact) mass is 448 g/mol. The van der Waals surface area contributed by atoms with Crippen molar-refractivity contribution in [1.29, 1.82) is 0 Å². The lowest BCUT2D eigenvalue weighted by Crippen LogP contribution is -2.62. The number of hydrogen-bond acceptors (Lipinski definition) is 7. The molecule has 0 radical (unpaired) electrons. The van der Waals surface area contributed by atoms with Crippen molar-refractivity contribution in [1.82, 2.24) is 0 Å². The normalized spacial score (nSPS) is 23.9. The molecule has 1 fully saturated rings. The minimum atomic E-state index is -1.32. The number of non-ortho nitro benzene ring substituents is 2. The molecule has 3 aromatic carbocycles. The van der Waals surface area contributed by atoms with Gasteiger partial charge in [0.2, 0.25) is 0 Å². The lowest BCUT2D eigenvalue weighted by atomic mass is 9.54. The molecule has 3 aromatic rings. The molecule has 0 amide bonds. The summed E-state index contributed by atoms with van der Waals surface area (Å²) in [4.78, 5) is 33.6. The zero-order chi connectivity index (χ0) is 23.8. The van der Waals surface area contributed by atoms with Crippen LogP contribution in [0.5, 0.6) is 0 Å². The third-order valence-corrected chi connectivity index (χ3v) is 6.19. The van der Waals surface area contributed by atoms with Crippen molar-refractivity contribution in [2.24, 2.45) is 5.92 Å². The van der Waals surface area contributed by atoms with Gasteiger partial charge in [0.25, 0.3) is 11.4 Å². The van der Waals surface area contributed by atoms with Crippen LogP contribution in [-0.2, 0) is 10.3 Å². The first-order valence-electron chi connectivity index (χ1n) is 10.2. The van der Waals surface area contributed by atoms with Crippen molar-refractivity contribution in [3.63, 3.8) is 0 Å². The van der Waals surface area contributed by atoms with Gasteiger partial charge in [-0.3, -0.25) is 20.2 Å². The van der Waals surface area contributed by atoms with Gasteiger partial charge in [0.1, 0.15) is 11.7 Å². The number of carbonyl (C=O) groups is 1.